The number of carbonyl (C=O) groups is 2. The van der Waals surface area contributed by atoms with Crippen LogP contribution in [0.25, 0.3) is 22.0 Å². The van der Waals surface area contributed by atoms with Crippen molar-refractivity contribution in [3.05, 3.63) is 86.9 Å². The van der Waals surface area contributed by atoms with E-state index in [0.717, 1.165) is 22.0 Å². The summed E-state index contributed by atoms with van der Waals surface area (Å²) in [7, 11) is 3.37. The summed E-state index contributed by atoms with van der Waals surface area (Å²) in [5.41, 5.74) is 3.41. The number of rotatable bonds is 8. The van der Waals surface area contributed by atoms with Gasteiger partial charge in [-0.3, -0.25) is 23.5 Å². The summed E-state index contributed by atoms with van der Waals surface area (Å²) in [6.45, 7) is -0.392. The van der Waals surface area contributed by atoms with Gasteiger partial charge in [-0.2, -0.15) is 5.10 Å². The third kappa shape index (κ3) is 5.58. The monoisotopic (exact) mass is 549 g/mol. The van der Waals surface area contributed by atoms with Crippen LogP contribution in [-0.4, -0.2) is 46.3 Å². The number of carbonyl (C=O) groups excluding carboxylic acids is 2. The van der Waals surface area contributed by atoms with Gasteiger partial charge < -0.3 is 9.30 Å². The third-order valence-corrected chi connectivity index (χ3v) is 7.54. The number of pyridine rings is 1. The second-order valence-corrected chi connectivity index (χ2v) is 10.6. The molecule has 4 aromatic rings. The van der Waals surface area contributed by atoms with E-state index in [1.165, 1.54) is 23.9 Å². The first-order valence-electron chi connectivity index (χ1n) is 12.9. The fourth-order valence-electron chi connectivity index (χ4n) is 5.39. The summed E-state index contributed by atoms with van der Waals surface area (Å²) in [6.07, 6.45) is 4.07. The Morgan fingerprint density at radius 3 is 2.69 bits per heavy atom. The van der Waals surface area contributed by atoms with E-state index in [1.54, 1.807) is 16.8 Å². The fraction of sp³-hybridized carbons (Fsp3) is 0.333. The number of halogens is 2. The smallest absolute Gasteiger partial charge is 0.251 e. The van der Waals surface area contributed by atoms with Crippen molar-refractivity contribution in [1.82, 2.24) is 14.3 Å². The maximum absolute atomic E-state index is 13.8. The van der Waals surface area contributed by atoms with E-state index in [-0.39, 0.29) is 43.0 Å². The molecular weight excluding hydrogens is 521 g/mol. The van der Waals surface area contributed by atoms with Crippen LogP contribution < -0.4 is 5.56 Å². The van der Waals surface area contributed by atoms with Crippen molar-refractivity contribution in [1.29, 1.82) is 0 Å². The predicted octanol–water partition coefficient (Wildman–Crippen LogP) is 5.16. The molecule has 2 aromatic carbocycles. The Kier molecular flexibility index (Phi) is 7.77. The Bertz CT molecular complexity index is 1630. The van der Waals surface area contributed by atoms with Crippen molar-refractivity contribution in [3.63, 3.8) is 0 Å². The molecule has 0 aliphatic heterocycles. The lowest BCUT2D eigenvalue weighted by Crippen LogP contribution is -2.32. The number of ketones is 2. The standard InChI is InChI=1S/C30H29ClFN3O4/c1-34-16-21-9-18(3-6-26(21)33-34)11-29(37)27(7-8-39-2)35-17-25-24(14-30(35)38)23-13-22(31)5-4-20(23)10-19(15-32)12-28(25)36/h3-6,9,13-14,16-17,19,27H,7-8,10-12,15H2,1-2H3. The Morgan fingerprint density at radius 1 is 1.10 bits per heavy atom. The molecule has 0 saturated carbocycles. The van der Waals surface area contributed by atoms with Gasteiger partial charge in [0.2, 0.25) is 0 Å². The van der Waals surface area contributed by atoms with E-state index in [4.69, 9.17) is 16.3 Å². The van der Waals surface area contributed by atoms with Crippen molar-refractivity contribution in [2.24, 2.45) is 13.0 Å². The lowest BCUT2D eigenvalue weighted by Gasteiger charge is -2.24. The van der Waals surface area contributed by atoms with E-state index in [2.05, 4.69) is 5.10 Å². The molecule has 2 unspecified atom stereocenters. The van der Waals surface area contributed by atoms with Gasteiger partial charge in [0.05, 0.1) is 18.2 Å². The van der Waals surface area contributed by atoms with Crippen LogP contribution in [0.1, 0.15) is 40.4 Å². The molecular formula is C30H29ClFN3O4. The Labute approximate surface area is 230 Å². The zero-order valence-electron chi connectivity index (χ0n) is 21.8. The van der Waals surface area contributed by atoms with Crippen LogP contribution in [0.2, 0.25) is 5.02 Å². The highest BCUT2D eigenvalue weighted by Gasteiger charge is 2.28. The van der Waals surface area contributed by atoms with Crippen molar-refractivity contribution in [2.75, 3.05) is 20.4 Å². The van der Waals surface area contributed by atoms with Gasteiger partial charge in [0.25, 0.3) is 5.56 Å². The summed E-state index contributed by atoms with van der Waals surface area (Å²) < 4.78 is 22.1. The quantitative estimate of drug-likeness (QED) is 0.303. The predicted molar refractivity (Wildman–Crippen MR) is 148 cm³/mol. The van der Waals surface area contributed by atoms with Crippen molar-refractivity contribution < 1.29 is 18.7 Å². The molecule has 0 amide bonds. The first-order chi connectivity index (χ1) is 18.8. The molecule has 1 aliphatic carbocycles. The lowest BCUT2D eigenvalue weighted by atomic mass is 9.83. The fourth-order valence-corrected chi connectivity index (χ4v) is 5.56. The van der Waals surface area contributed by atoms with Crippen LogP contribution in [0, 0.1) is 5.92 Å². The number of aryl methyl sites for hydroxylation is 1. The highest BCUT2D eigenvalue weighted by Crippen LogP contribution is 2.35. The van der Waals surface area contributed by atoms with Gasteiger partial charge >= 0.3 is 0 Å². The van der Waals surface area contributed by atoms with Gasteiger partial charge in [-0.05, 0) is 65.3 Å². The number of Topliss-reactive ketones (excluding diaryl/α,β-unsaturated/α-hetero) is 2. The number of hydrogen-bond donors (Lipinski definition) is 0. The molecule has 2 atom stereocenters. The molecule has 0 N–H and O–H groups in total. The Balaban J connectivity index is 1.57. The number of ether oxygens (including phenoxy) is 1. The average molecular weight is 550 g/mol. The molecule has 0 bridgehead atoms. The number of alkyl halides is 1. The van der Waals surface area contributed by atoms with Crippen molar-refractivity contribution in [2.45, 2.75) is 31.7 Å². The molecule has 5 rings (SSSR count). The number of nitrogens with zero attached hydrogens (tertiary/aromatic N) is 3. The van der Waals surface area contributed by atoms with Crippen LogP contribution in [0.15, 0.2) is 59.7 Å². The zero-order chi connectivity index (χ0) is 27.7. The minimum absolute atomic E-state index is 0.00554. The van der Waals surface area contributed by atoms with Crippen LogP contribution in [-0.2, 0) is 29.4 Å². The van der Waals surface area contributed by atoms with Gasteiger partial charge in [-0.1, -0.05) is 23.7 Å². The number of methoxy groups -OCH3 is 1. The molecule has 1 aliphatic rings. The zero-order valence-corrected chi connectivity index (χ0v) is 22.6. The number of fused-ring (bicyclic) bond motifs is 4. The third-order valence-electron chi connectivity index (χ3n) is 7.31. The van der Waals surface area contributed by atoms with Gasteiger partial charge in [0.1, 0.15) is 0 Å². The normalized spacial score (nSPS) is 15.9. The number of aromatic nitrogens is 3. The molecule has 202 valence electrons. The summed E-state index contributed by atoms with van der Waals surface area (Å²) in [5.74, 6) is -0.938. The van der Waals surface area contributed by atoms with E-state index in [0.29, 0.717) is 22.6 Å². The Hall–Kier alpha value is -3.62. The van der Waals surface area contributed by atoms with E-state index >= 15 is 0 Å². The molecule has 2 aromatic heterocycles. The highest BCUT2D eigenvalue weighted by molar-refractivity contribution is 6.31. The average Bonchev–Trinajstić information content (AvgIpc) is 3.28. The van der Waals surface area contributed by atoms with Crippen LogP contribution in [0.3, 0.4) is 0 Å². The second kappa shape index (κ2) is 11.2. The SMILES string of the molecule is COCCC(C(=O)Cc1ccc2nn(C)cc2c1)n1cc2c(cc1=O)-c1cc(Cl)ccc1CC(CF)CC2=O. The van der Waals surface area contributed by atoms with Gasteiger partial charge in [-0.25, -0.2) is 0 Å². The van der Waals surface area contributed by atoms with E-state index in [9.17, 15) is 18.8 Å². The second-order valence-electron chi connectivity index (χ2n) is 10.1. The summed E-state index contributed by atoms with van der Waals surface area (Å²) in [4.78, 5) is 40.5. The first kappa shape index (κ1) is 27.0. The molecule has 9 heteroatoms. The minimum Gasteiger partial charge on any atom is -0.385 e. The molecule has 2 heterocycles. The Morgan fingerprint density at radius 2 is 1.92 bits per heavy atom. The van der Waals surface area contributed by atoms with Gasteiger partial charge in [-0.15, -0.1) is 0 Å². The summed E-state index contributed by atoms with van der Waals surface area (Å²) in [5, 5.41) is 5.74. The molecule has 39 heavy (non-hydrogen) atoms. The molecule has 0 saturated heterocycles. The maximum Gasteiger partial charge on any atom is 0.251 e. The molecule has 0 radical (unpaired) electrons. The highest BCUT2D eigenvalue weighted by atomic mass is 35.5. The number of hydrogen-bond acceptors (Lipinski definition) is 5. The van der Waals surface area contributed by atoms with E-state index in [1.807, 2.05) is 37.5 Å². The molecule has 7 nitrogen and oxygen atoms in total. The molecule has 0 spiro atoms. The van der Waals surface area contributed by atoms with Crippen LogP contribution in [0.4, 0.5) is 4.39 Å². The van der Waals surface area contributed by atoms with Gasteiger partial charge in [0, 0.05) is 68.0 Å². The minimum atomic E-state index is -0.846. The largest absolute Gasteiger partial charge is 0.385 e. The van der Waals surface area contributed by atoms with Crippen molar-refractivity contribution >= 4 is 34.1 Å². The first-order valence-corrected chi connectivity index (χ1v) is 13.2. The summed E-state index contributed by atoms with van der Waals surface area (Å²) >= 11 is 6.27. The molecule has 0 fully saturated rings. The summed E-state index contributed by atoms with van der Waals surface area (Å²) in [6, 6.07) is 11.4. The van der Waals surface area contributed by atoms with Crippen LogP contribution in [0.5, 0.6) is 0 Å². The number of benzene rings is 2. The topological polar surface area (TPSA) is 83.2 Å². The van der Waals surface area contributed by atoms with Crippen LogP contribution >= 0.6 is 11.6 Å². The maximum atomic E-state index is 13.8. The van der Waals surface area contributed by atoms with Crippen molar-refractivity contribution in [3.8, 4) is 11.1 Å². The lowest BCUT2D eigenvalue weighted by molar-refractivity contribution is -0.122. The van der Waals surface area contributed by atoms with E-state index < -0.39 is 24.2 Å². The van der Waals surface area contributed by atoms with Gasteiger partial charge in [0.15, 0.2) is 11.6 Å².